The summed E-state index contributed by atoms with van der Waals surface area (Å²) in [5.41, 5.74) is 2.04. The van der Waals surface area contributed by atoms with Gasteiger partial charge >= 0.3 is 0 Å². The number of pyridine rings is 1. The molecule has 1 aliphatic rings. The number of aromatic nitrogens is 1. The highest BCUT2D eigenvalue weighted by Gasteiger charge is 2.30. The third-order valence-electron chi connectivity index (χ3n) is 4.41. The van der Waals surface area contributed by atoms with Gasteiger partial charge in [-0.05, 0) is 42.5 Å². The van der Waals surface area contributed by atoms with Gasteiger partial charge in [0, 0.05) is 41.6 Å². The van der Waals surface area contributed by atoms with Gasteiger partial charge in [-0.1, -0.05) is 18.2 Å². The summed E-state index contributed by atoms with van der Waals surface area (Å²) in [6.45, 7) is 0.441. The standard InChI is InChI=1S/C21H17N3O3S/c25-20(23-12-10-15-5-3-4-11-22-15)14-8-9-19-17(13-14)24-21(26)16-6-1-2-7-18(16)28(19)27/h1-9,11,13H,10,12H2,(H,23,25)(H,24,26)/t28-/m0/s1. The summed E-state index contributed by atoms with van der Waals surface area (Å²) in [7, 11) is 0. The number of amides is 2. The predicted molar refractivity (Wildman–Crippen MR) is 106 cm³/mol. The molecule has 3 aromatic rings. The Morgan fingerprint density at radius 3 is 2.71 bits per heavy atom. The zero-order chi connectivity index (χ0) is 19.5. The van der Waals surface area contributed by atoms with Gasteiger partial charge in [0.05, 0.1) is 11.3 Å². The monoisotopic (exact) mass is 391 g/mol. The summed E-state index contributed by atoms with van der Waals surface area (Å²) in [4.78, 5) is 30.1. The highest BCUT2D eigenvalue weighted by atomic mass is 32.2. The molecule has 0 unspecified atom stereocenters. The summed E-state index contributed by atoms with van der Waals surface area (Å²) in [6, 6.07) is 17.2. The molecule has 2 heterocycles. The van der Waals surface area contributed by atoms with Crippen LogP contribution in [-0.4, -0.2) is 27.9 Å². The molecule has 2 aromatic carbocycles. The van der Waals surface area contributed by atoms with Crippen LogP contribution < -0.4 is 10.6 Å². The van der Waals surface area contributed by atoms with Crippen LogP contribution in [0.25, 0.3) is 0 Å². The minimum Gasteiger partial charge on any atom is -0.606 e. The highest BCUT2D eigenvalue weighted by Crippen LogP contribution is 2.34. The van der Waals surface area contributed by atoms with Crippen molar-refractivity contribution in [3.8, 4) is 0 Å². The first-order valence-electron chi connectivity index (χ1n) is 8.78. The summed E-state index contributed by atoms with van der Waals surface area (Å²) in [5.74, 6) is -0.601. The Hall–Kier alpha value is -3.16. The average Bonchev–Trinajstić information content (AvgIpc) is 2.83. The first-order valence-corrected chi connectivity index (χ1v) is 9.93. The molecular weight excluding hydrogens is 374 g/mol. The lowest BCUT2D eigenvalue weighted by molar-refractivity contribution is 0.0952. The fourth-order valence-electron chi connectivity index (χ4n) is 3.01. The maximum Gasteiger partial charge on any atom is 0.260 e. The van der Waals surface area contributed by atoms with Crippen LogP contribution >= 0.6 is 0 Å². The van der Waals surface area contributed by atoms with Gasteiger partial charge < -0.3 is 15.2 Å². The van der Waals surface area contributed by atoms with Gasteiger partial charge in [0.25, 0.3) is 11.8 Å². The normalized spacial score (nSPS) is 15.0. The number of fused-ring (bicyclic) bond motifs is 2. The Balaban J connectivity index is 1.52. The maximum atomic E-state index is 12.9. The number of hydrogen-bond donors (Lipinski definition) is 2. The Labute approximate surface area is 165 Å². The smallest absolute Gasteiger partial charge is 0.260 e. The van der Waals surface area contributed by atoms with E-state index in [2.05, 4.69) is 15.6 Å². The second-order valence-electron chi connectivity index (χ2n) is 6.26. The van der Waals surface area contributed by atoms with Gasteiger partial charge in [-0.15, -0.1) is 0 Å². The third-order valence-corrected chi connectivity index (χ3v) is 5.92. The van der Waals surface area contributed by atoms with Crippen LogP contribution in [0.5, 0.6) is 0 Å². The molecule has 0 radical (unpaired) electrons. The van der Waals surface area contributed by atoms with Crippen molar-refractivity contribution in [1.82, 2.24) is 10.3 Å². The average molecular weight is 391 g/mol. The number of nitrogens with one attached hydrogen (secondary N) is 2. The molecule has 1 aromatic heterocycles. The molecule has 6 nitrogen and oxygen atoms in total. The molecule has 0 bridgehead atoms. The van der Waals surface area contributed by atoms with Crippen LogP contribution in [0.2, 0.25) is 0 Å². The zero-order valence-electron chi connectivity index (χ0n) is 14.8. The van der Waals surface area contributed by atoms with Crippen molar-refractivity contribution in [1.29, 1.82) is 0 Å². The van der Waals surface area contributed by atoms with Gasteiger partial charge in [0.1, 0.15) is 0 Å². The molecule has 7 heteroatoms. The van der Waals surface area contributed by atoms with Crippen LogP contribution in [-0.2, 0) is 17.6 Å². The summed E-state index contributed by atoms with van der Waals surface area (Å²) in [6.07, 6.45) is 2.33. The molecule has 2 N–H and O–H groups in total. The van der Waals surface area contributed by atoms with E-state index in [1.54, 1.807) is 48.7 Å². The summed E-state index contributed by atoms with van der Waals surface area (Å²) >= 11 is -1.50. The van der Waals surface area contributed by atoms with Crippen LogP contribution in [0.15, 0.2) is 76.7 Å². The predicted octanol–water partition coefficient (Wildman–Crippen LogP) is 2.79. The van der Waals surface area contributed by atoms with Crippen molar-refractivity contribution in [2.45, 2.75) is 16.2 Å². The first kappa shape index (κ1) is 18.2. The van der Waals surface area contributed by atoms with E-state index >= 15 is 0 Å². The van der Waals surface area contributed by atoms with Crippen molar-refractivity contribution in [2.24, 2.45) is 0 Å². The molecule has 28 heavy (non-hydrogen) atoms. The van der Waals surface area contributed by atoms with E-state index in [9.17, 15) is 14.1 Å². The first-order chi connectivity index (χ1) is 13.6. The van der Waals surface area contributed by atoms with E-state index in [1.807, 2.05) is 18.2 Å². The summed E-state index contributed by atoms with van der Waals surface area (Å²) < 4.78 is 12.9. The van der Waals surface area contributed by atoms with Gasteiger partial charge in [0.15, 0.2) is 9.79 Å². The molecule has 0 aliphatic carbocycles. The van der Waals surface area contributed by atoms with Gasteiger partial charge in [0.2, 0.25) is 0 Å². The molecule has 0 saturated heterocycles. The van der Waals surface area contributed by atoms with Crippen LogP contribution in [0.1, 0.15) is 26.4 Å². The lowest BCUT2D eigenvalue weighted by atomic mass is 10.1. The topological polar surface area (TPSA) is 94.2 Å². The highest BCUT2D eigenvalue weighted by molar-refractivity contribution is 7.91. The molecule has 1 aliphatic heterocycles. The fraction of sp³-hybridized carbons (Fsp3) is 0.0952. The van der Waals surface area contributed by atoms with Crippen molar-refractivity contribution in [3.63, 3.8) is 0 Å². The van der Waals surface area contributed by atoms with Crippen LogP contribution in [0, 0.1) is 0 Å². The molecule has 0 fully saturated rings. The number of hydrogen-bond acceptors (Lipinski definition) is 4. The van der Waals surface area contributed by atoms with Crippen molar-refractivity contribution < 1.29 is 14.1 Å². The SMILES string of the molecule is O=C(NCCc1ccccn1)c1ccc2c(c1)NC(=O)c1ccccc1[S@+]2[O-]. The summed E-state index contributed by atoms with van der Waals surface area (Å²) in [5, 5.41) is 5.61. The molecule has 140 valence electrons. The van der Waals surface area contributed by atoms with E-state index in [4.69, 9.17) is 0 Å². The molecule has 2 amide bonds. The minimum absolute atomic E-state index is 0.263. The van der Waals surface area contributed by atoms with Crippen LogP contribution in [0.3, 0.4) is 0 Å². The lowest BCUT2D eigenvalue weighted by Gasteiger charge is -2.12. The Bertz CT molecular complexity index is 1040. The van der Waals surface area contributed by atoms with Gasteiger partial charge in [-0.3, -0.25) is 14.6 Å². The number of carbonyl (C=O) groups is 2. The number of carbonyl (C=O) groups excluding carboxylic acids is 2. The van der Waals surface area contributed by atoms with Gasteiger partial charge in [-0.2, -0.15) is 0 Å². The minimum atomic E-state index is -1.50. The molecule has 4 rings (SSSR count). The van der Waals surface area contributed by atoms with E-state index in [0.29, 0.717) is 39.6 Å². The zero-order valence-corrected chi connectivity index (χ0v) is 15.7. The number of rotatable bonds is 4. The van der Waals surface area contributed by atoms with E-state index in [0.717, 1.165) is 5.69 Å². The second-order valence-corrected chi connectivity index (χ2v) is 7.67. The van der Waals surface area contributed by atoms with E-state index < -0.39 is 11.2 Å². The largest absolute Gasteiger partial charge is 0.606 e. The fourth-order valence-corrected chi connectivity index (χ4v) is 4.31. The van der Waals surface area contributed by atoms with E-state index in [1.165, 1.54) is 0 Å². The van der Waals surface area contributed by atoms with Crippen LogP contribution in [0.4, 0.5) is 5.69 Å². The maximum absolute atomic E-state index is 12.9. The lowest BCUT2D eigenvalue weighted by Crippen LogP contribution is -2.26. The Morgan fingerprint density at radius 2 is 1.89 bits per heavy atom. The van der Waals surface area contributed by atoms with Crippen molar-refractivity contribution >= 4 is 28.7 Å². The molecule has 0 spiro atoms. The quantitative estimate of drug-likeness (QED) is 0.669. The van der Waals surface area contributed by atoms with Crippen molar-refractivity contribution in [2.75, 3.05) is 11.9 Å². The van der Waals surface area contributed by atoms with Crippen molar-refractivity contribution in [3.05, 3.63) is 83.7 Å². The molecule has 0 saturated carbocycles. The second kappa shape index (κ2) is 7.84. The van der Waals surface area contributed by atoms with Gasteiger partial charge in [-0.25, -0.2) is 0 Å². The number of benzene rings is 2. The third kappa shape index (κ3) is 3.62. The number of nitrogens with zero attached hydrogens (tertiary/aromatic N) is 1. The van der Waals surface area contributed by atoms with E-state index in [-0.39, 0.29) is 11.8 Å². The molecule has 1 atom stereocenters. The Morgan fingerprint density at radius 1 is 1.07 bits per heavy atom. The Kier molecular flexibility index (Phi) is 5.10. The number of anilines is 1. The molecular formula is C21H17N3O3S.